The van der Waals surface area contributed by atoms with Crippen LogP contribution in [0.25, 0.3) is 16.8 Å². The van der Waals surface area contributed by atoms with E-state index in [0.29, 0.717) is 5.02 Å². The Balaban J connectivity index is 1.85. The number of hydrogen-bond acceptors (Lipinski definition) is 2. The highest BCUT2D eigenvalue weighted by Crippen LogP contribution is 2.27. The molecular formula is C18H14ClF2N3O. The largest absolute Gasteiger partial charge is 0.328 e. The van der Waals surface area contributed by atoms with Crippen LogP contribution in [0.15, 0.2) is 48.8 Å². The van der Waals surface area contributed by atoms with Gasteiger partial charge in [0.2, 0.25) is 0 Å². The Morgan fingerprint density at radius 1 is 1.28 bits per heavy atom. The molecule has 0 fully saturated rings. The molecule has 1 aromatic heterocycles. The summed E-state index contributed by atoms with van der Waals surface area (Å²) in [6.07, 6.45) is 1.47. The fraction of sp³-hybridized carbons (Fsp3) is 0.111. The lowest BCUT2D eigenvalue weighted by molar-refractivity contribution is 0.0955. The molecule has 7 heteroatoms. The highest BCUT2D eigenvalue weighted by Gasteiger charge is 2.21. The first-order chi connectivity index (χ1) is 12.0. The van der Waals surface area contributed by atoms with Crippen molar-refractivity contribution in [2.75, 3.05) is 0 Å². The van der Waals surface area contributed by atoms with E-state index in [2.05, 4.69) is 10.4 Å². The number of aryl methyl sites for hydroxylation is 1. The van der Waals surface area contributed by atoms with Gasteiger partial charge in [-0.3, -0.25) is 9.48 Å². The number of rotatable bonds is 4. The van der Waals surface area contributed by atoms with E-state index in [1.54, 1.807) is 12.1 Å². The minimum Gasteiger partial charge on any atom is -0.328 e. The average molecular weight is 362 g/mol. The van der Waals surface area contributed by atoms with Gasteiger partial charge < -0.3 is 5.32 Å². The summed E-state index contributed by atoms with van der Waals surface area (Å²) >= 11 is 6.23. The highest BCUT2D eigenvalue weighted by atomic mass is 35.5. The minimum absolute atomic E-state index is 0.161. The number of fused-ring (bicyclic) bond motifs is 1. The van der Waals surface area contributed by atoms with Crippen LogP contribution in [-0.2, 0) is 7.05 Å². The molecule has 0 aliphatic rings. The summed E-state index contributed by atoms with van der Waals surface area (Å²) in [5.74, 6) is -0.656. The number of carbonyl (C=O) groups is 1. The fourth-order valence-electron chi connectivity index (χ4n) is 2.56. The zero-order valence-electron chi connectivity index (χ0n) is 13.2. The second kappa shape index (κ2) is 7.03. The van der Waals surface area contributed by atoms with Crippen molar-refractivity contribution < 1.29 is 13.6 Å². The van der Waals surface area contributed by atoms with E-state index in [1.807, 2.05) is 30.3 Å². The molecule has 0 saturated heterocycles. The first kappa shape index (κ1) is 17.1. The van der Waals surface area contributed by atoms with Gasteiger partial charge in [0, 0.05) is 30.0 Å². The van der Waals surface area contributed by atoms with Gasteiger partial charge in [0.15, 0.2) is 0 Å². The van der Waals surface area contributed by atoms with Gasteiger partial charge in [-0.05, 0) is 22.9 Å². The van der Waals surface area contributed by atoms with Crippen molar-refractivity contribution in [2.45, 2.75) is 6.43 Å². The van der Waals surface area contributed by atoms with Gasteiger partial charge in [-0.15, -0.1) is 0 Å². The molecule has 0 bridgehead atoms. The van der Waals surface area contributed by atoms with E-state index < -0.39 is 18.0 Å². The quantitative estimate of drug-likeness (QED) is 0.740. The summed E-state index contributed by atoms with van der Waals surface area (Å²) in [4.78, 5) is 12.1. The monoisotopic (exact) mass is 361 g/mol. The predicted molar refractivity (Wildman–Crippen MR) is 93.6 cm³/mol. The standard InChI is InChI=1S/C18H14ClF2N3O/c1-24-10-14(16(23-24)17(20)21)18(25)22-9-8-13-12-5-3-2-4-11(12)6-7-15(13)19/h2-10,17H,1H3,(H,22,25)/b9-8+. The smallest absolute Gasteiger partial charge is 0.282 e. The van der Waals surface area contributed by atoms with Crippen molar-refractivity contribution in [3.05, 3.63) is 70.6 Å². The van der Waals surface area contributed by atoms with E-state index >= 15 is 0 Å². The zero-order chi connectivity index (χ0) is 18.0. The second-order valence-electron chi connectivity index (χ2n) is 5.39. The molecule has 0 aliphatic carbocycles. The van der Waals surface area contributed by atoms with Crippen LogP contribution in [0.2, 0.25) is 5.02 Å². The van der Waals surface area contributed by atoms with Crippen molar-refractivity contribution in [2.24, 2.45) is 7.05 Å². The Kier molecular flexibility index (Phi) is 4.81. The van der Waals surface area contributed by atoms with Crippen LogP contribution in [0.1, 0.15) is 28.0 Å². The third-order valence-corrected chi connectivity index (χ3v) is 4.02. The molecule has 0 spiro atoms. The molecule has 0 aliphatic heterocycles. The minimum atomic E-state index is -2.82. The van der Waals surface area contributed by atoms with Crippen LogP contribution >= 0.6 is 11.6 Å². The third-order valence-electron chi connectivity index (χ3n) is 3.69. The number of benzene rings is 2. The van der Waals surface area contributed by atoms with Crippen molar-refractivity contribution in [1.29, 1.82) is 0 Å². The first-order valence-corrected chi connectivity index (χ1v) is 7.81. The summed E-state index contributed by atoms with van der Waals surface area (Å²) in [6.45, 7) is 0. The first-order valence-electron chi connectivity index (χ1n) is 7.43. The Morgan fingerprint density at radius 2 is 2.04 bits per heavy atom. The lowest BCUT2D eigenvalue weighted by atomic mass is 10.0. The predicted octanol–water partition coefficient (Wildman–Crippen LogP) is 4.57. The topological polar surface area (TPSA) is 46.9 Å². The Hall–Kier alpha value is -2.73. The third kappa shape index (κ3) is 3.53. The zero-order valence-corrected chi connectivity index (χ0v) is 14.0. The van der Waals surface area contributed by atoms with Crippen molar-refractivity contribution in [3.8, 4) is 0 Å². The molecule has 3 rings (SSSR count). The molecule has 128 valence electrons. The molecule has 2 aromatic carbocycles. The number of halogens is 3. The van der Waals surface area contributed by atoms with Gasteiger partial charge in [0.1, 0.15) is 5.69 Å². The maximum absolute atomic E-state index is 12.9. The Bertz CT molecular complexity index is 966. The normalized spacial score (nSPS) is 11.6. The maximum atomic E-state index is 12.9. The Morgan fingerprint density at radius 3 is 2.80 bits per heavy atom. The van der Waals surface area contributed by atoms with E-state index in [9.17, 15) is 13.6 Å². The molecule has 0 radical (unpaired) electrons. The molecule has 4 nitrogen and oxygen atoms in total. The fourth-order valence-corrected chi connectivity index (χ4v) is 2.79. The number of nitrogens with one attached hydrogen (secondary N) is 1. The second-order valence-corrected chi connectivity index (χ2v) is 5.80. The van der Waals surface area contributed by atoms with E-state index in [4.69, 9.17) is 11.6 Å². The number of nitrogens with zero attached hydrogens (tertiary/aromatic N) is 2. The van der Waals surface area contributed by atoms with Crippen LogP contribution < -0.4 is 5.32 Å². The number of alkyl halides is 2. The molecule has 0 atom stereocenters. The lowest BCUT2D eigenvalue weighted by Gasteiger charge is -2.05. The molecule has 1 N–H and O–H groups in total. The molecule has 1 heterocycles. The molecule has 0 unspecified atom stereocenters. The van der Waals surface area contributed by atoms with Crippen LogP contribution in [0.4, 0.5) is 8.78 Å². The lowest BCUT2D eigenvalue weighted by Crippen LogP contribution is -2.18. The average Bonchev–Trinajstić information content (AvgIpc) is 2.99. The van der Waals surface area contributed by atoms with Gasteiger partial charge in [-0.25, -0.2) is 8.78 Å². The van der Waals surface area contributed by atoms with Gasteiger partial charge in [-0.2, -0.15) is 5.10 Å². The van der Waals surface area contributed by atoms with Gasteiger partial charge in [-0.1, -0.05) is 41.9 Å². The SMILES string of the molecule is Cn1cc(C(=O)N/C=C/c2c(Cl)ccc3ccccc23)c(C(F)F)n1. The molecule has 1 amide bonds. The van der Waals surface area contributed by atoms with Crippen LogP contribution in [0, 0.1) is 0 Å². The van der Waals surface area contributed by atoms with Crippen molar-refractivity contribution in [1.82, 2.24) is 15.1 Å². The van der Waals surface area contributed by atoms with Crippen molar-refractivity contribution >= 4 is 34.4 Å². The summed E-state index contributed by atoms with van der Waals surface area (Å²) in [7, 11) is 1.48. The molecular weight excluding hydrogens is 348 g/mol. The van der Waals surface area contributed by atoms with Crippen LogP contribution in [0.3, 0.4) is 0 Å². The van der Waals surface area contributed by atoms with E-state index in [1.165, 1.54) is 24.1 Å². The summed E-state index contributed by atoms with van der Waals surface area (Å²) < 4.78 is 27.0. The highest BCUT2D eigenvalue weighted by molar-refractivity contribution is 6.33. The van der Waals surface area contributed by atoms with E-state index in [-0.39, 0.29) is 5.56 Å². The van der Waals surface area contributed by atoms with Crippen LogP contribution in [0.5, 0.6) is 0 Å². The Labute approximate surface area is 147 Å². The molecule has 0 saturated carbocycles. The molecule has 3 aromatic rings. The van der Waals surface area contributed by atoms with E-state index in [0.717, 1.165) is 16.3 Å². The molecule has 25 heavy (non-hydrogen) atoms. The maximum Gasteiger partial charge on any atom is 0.282 e. The van der Waals surface area contributed by atoms with Gasteiger partial charge >= 0.3 is 0 Å². The van der Waals surface area contributed by atoms with Gasteiger partial charge in [0.05, 0.1) is 5.56 Å². The number of amides is 1. The number of carbonyl (C=O) groups excluding carboxylic acids is 1. The van der Waals surface area contributed by atoms with Crippen LogP contribution in [-0.4, -0.2) is 15.7 Å². The summed E-state index contributed by atoms with van der Waals surface area (Å²) in [5.41, 5.74) is 0.0306. The van der Waals surface area contributed by atoms with Crippen molar-refractivity contribution in [3.63, 3.8) is 0 Å². The summed E-state index contributed by atoms with van der Waals surface area (Å²) in [5, 5.41) is 8.55. The van der Waals surface area contributed by atoms with Gasteiger partial charge in [0.25, 0.3) is 12.3 Å². The summed E-state index contributed by atoms with van der Waals surface area (Å²) in [6, 6.07) is 11.3. The number of aromatic nitrogens is 2. The number of hydrogen-bond donors (Lipinski definition) is 1.